The molecule has 1 N–H and O–H groups in total. The highest BCUT2D eigenvalue weighted by molar-refractivity contribution is 6.76. The Balaban J connectivity index is 1.58. The van der Waals surface area contributed by atoms with E-state index < -0.39 is 14.0 Å². The minimum atomic E-state index is -1.12. The number of hydrogen-bond donors (Lipinski definition) is 1. The van der Waals surface area contributed by atoms with Gasteiger partial charge in [0.15, 0.2) is 0 Å². The number of aliphatic imine (C=N–C) groups is 1. The van der Waals surface area contributed by atoms with Gasteiger partial charge >= 0.3 is 0 Å². The second kappa shape index (κ2) is 10.1. The van der Waals surface area contributed by atoms with Gasteiger partial charge in [0.2, 0.25) is 0 Å². The van der Waals surface area contributed by atoms with Crippen LogP contribution >= 0.6 is 0 Å². The summed E-state index contributed by atoms with van der Waals surface area (Å²) in [6.07, 6.45) is 2.03. The predicted octanol–water partition coefficient (Wildman–Crippen LogP) is 5.55. The van der Waals surface area contributed by atoms with E-state index in [4.69, 9.17) is 9.73 Å². The summed E-state index contributed by atoms with van der Waals surface area (Å²) in [5, 5.41) is 22.8. The van der Waals surface area contributed by atoms with Crippen LogP contribution in [0.2, 0.25) is 25.7 Å². The molecule has 2 aromatic carbocycles. The number of fused-ring (bicyclic) bond motifs is 1. The highest BCUT2D eigenvalue weighted by Crippen LogP contribution is 2.30. The van der Waals surface area contributed by atoms with Gasteiger partial charge in [0.1, 0.15) is 19.2 Å². The molecule has 0 fully saturated rings. The number of hydrogen-bond acceptors (Lipinski definition) is 5. The van der Waals surface area contributed by atoms with E-state index in [1.807, 2.05) is 48.7 Å². The Bertz CT molecular complexity index is 1290. The molecule has 0 aliphatic carbocycles. The van der Waals surface area contributed by atoms with Gasteiger partial charge in [0.05, 0.1) is 29.3 Å². The van der Waals surface area contributed by atoms with Crippen molar-refractivity contribution >= 4 is 19.6 Å². The largest absolute Gasteiger partial charge is 0.361 e. The van der Waals surface area contributed by atoms with E-state index in [9.17, 15) is 10.5 Å². The molecule has 1 aliphatic heterocycles. The minimum Gasteiger partial charge on any atom is -0.361 e. The van der Waals surface area contributed by atoms with E-state index in [1.165, 1.54) is 0 Å². The van der Waals surface area contributed by atoms with Crippen molar-refractivity contribution in [3.8, 4) is 12.1 Å². The van der Waals surface area contributed by atoms with E-state index in [1.54, 1.807) is 6.07 Å². The van der Waals surface area contributed by atoms with Crippen molar-refractivity contribution in [3.05, 3.63) is 88.6 Å². The lowest BCUT2D eigenvalue weighted by Crippen LogP contribution is -2.22. The van der Waals surface area contributed by atoms with Crippen LogP contribution in [0.5, 0.6) is 0 Å². The standard InChI is InChI=1S/C27H29N5OSi/c1-34(2,3)14-13-33-19-32-12-11-24-26(30-18-31-27(24)32)21-9-6-8-20(15-21)25(17-29)23-10-5-4-7-22(23)16-28/h4-12,15,25,31H,13-14,18-19H2,1-3H3. The van der Waals surface area contributed by atoms with Crippen LogP contribution in [-0.4, -0.2) is 31.6 Å². The molecule has 0 radical (unpaired) electrons. The van der Waals surface area contributed by atoms with Crippen LogP contribution in [0.15, 0.2) is 65.8 Å². The van der Waals surface area contributed by atoms with Crippen molar-refractivity contribution < 1.29 is 4.74 Å². The zero-order valence-corrected chi connectivity index (χ0v) is 20.9. The molecule has 0 saturated heterocycles. The average molecular weight is 468 g/mol. The smallest absolute Gasteiger partial charge is 0.124 e. The predicted molar refractivity (Wildman–Crippen MR) is 138 cm³/mol. The summed E-state index contributed by atoms with van der Waals surface area (Å²) in [5.74, 6) is 0.469. The van der Waals surface area contributed by atoms with Gasteiger partial charge in [-0.15, -0.1) is 0 Å². The Morgan fingerprint density at radius 1 is 1.12 bits per heavy atom. The summed E-state index contributed by atoms with van der Waals surface area (Å²) in [5.41, 5.74) is 4.95. The van der Waals surface area contributed by atoms with E-state index >= 15 is 0 Å². The summed E-state index contributed by atoms with van der Waals surface area (Å²) in [4.78, 5) is 4.74. The normalized spacial score (nSPS) is 13.7. The van der Waals surface area contributed by atoms with Gasteiger partial charge in [-0.25, -0.2) is 0 Å². The lowest BCUT2D eigenvalue weighted by atomic mass is 9.88. The monoisotopic (exact) mass is 467 g/mol. The van der Waals surface area contributed by atoms with Crippen LogP contribution in [-0.2, 0) is 11.5 Å². The third-order valence-corrected chi connectivity index (χ3v) is 7.65. The summed E-state index contributed by atoms with van der Waals surface area (Å²) < 4.78 is 8.04. The van der Waals surface area contributed by atoms with E-state index in [2.05, 4.69) is 47.7 Å². The number of ether oxygens (including phenoxy) is 1. The summed E-state index contributed by atoms with van der Waals surface area (Å²) in [6, 6.07) is 23.0. The van der Waals surface area contributed by atoms with Gasteiger partial charge in [-0.2, -0.15) is 10.5 Å². The molecule has 6 nitrogen and oxygen atoms in total. The molecule has 0 spiro atoms. The quantitative estimate of drug-likeness (QED) is 0.348. The third-order valence-electron chi connectivity index (χ3n) is 5.94. The molecule has 0 amide bonds. The lowest BCUT2D eigenvalue weighted by molar-refractivity contribution is 0.0887. The first-order valence-corrected chi connectivity index (χ1v) is 15.2. The lowest BCUT2D eigenvalue weighted by Gasteiger charge is -2.20. The van der Waals surface area contributed by atoms with Gasteiger partial charge in [0, 0.05) is 32.0 Å². The maximum absolute atomic E-state index is 9.95. The minimum absolute atomic E-state index is 0.477. The topological polar surface area (TPSA) is 86.1 Å². The van der Waals surface area contributed by atoms with Crippen LogP contribution in [0.3, 0.4) is 0 Å². The van der Waals surface area contributed by atoms with E-state index in [-0.39, 0.29) is 0 Å². The number of anilines is 1. The highest BCUT2D eigenvalue weighted by Gasteiger charge is 2.22. The van der Waals surface area contributed by atoms with Gasteiger partial charge in [0.25, 0.3) is 0 Å². The second-order valence-electron chi connectivity index (χ2n) is 9.62. The second-order valence-corrected chi connectivity index (χ2v) is 15.2. The molecular weight excluding hydrogens is 438 g/mol. The molecule has 172 valence electrons. The Hall–Kier alpha value is -3.65. The van der Waals surface area contributed by atoms with Gasteiger partial charge in [-0.1, -0.05) is 56.0 Å². The molecule has 0 saturated carbocycles. The number of nitriles is 2. The van der Waals surface area contributed by atoms with Crippen molar-refractivity contribution in [2.75, 3.05) is 18.6 Å². The first-order chi connectivity index (χ1) is 16.4. The van der Waals surface area contributed by atoms with Crippen LogP contribution in [0.4, 0.5) is 5.82 Å². The van der Waals surface area contributed by atoms with Gasteiger partial charge < -0.3 is 14.6 Å². The maximum Gasteiger partial charge on any atom is 0.124 e. The number of aromatic nitrogens is 1. The molecule has 1 aromatic heterocycles. The Morgan fingerprint density at radius 3 is 2.71 bits per heavy atom. The fraction of sp³-hybridized carbons (Fsp3) is 0.296. The Morgan fingerprint density at radius 2 is 1.94 bits per heavy atom. The summed E-state index contributed by atoms with van der Waals surface area (Å²) in [7, 11) is -1.12. The molecule has 3 aromatic rings. The molecule has 7 heteroatoms. The molecule has 1 aliphatic rings. The number of benzene rings is 2. The van der Waals surface area contributed by atoms with E-state index in [0.29, 0.717) is 19.0 Å². The first-order valence-electron chi connectivity index (χ1n) is 11.5. The van der Waals surface area contributed by atoms with Crippen molar-refractivity contribution in [1.29, 1.82) is 10.5 Å². The first kappa shape index (κ1) is 23.5. The molecule has 34 heavy (non-hydrogen) atoms. The number of nitrogens with one attached hydrogen (secondary N) is 1. The van der Waals surface area contributed by atoms with Crippen molar-refractivity contribution in [3.63, 3.8) is 0 Å². The van der Waals surface area contributed by atoms with Crippen LogP contribution < -0.4 is 5.32 Å². The zero-order chi connectivity index (χ0) is 24.1. The number of rotatable bonds is 8. The molecular formula is C27H29N5OSi. The molecule has 1 unspecified atom stereocenters. The maximum atomic E-state index is 9.95. The van der Waals surface area contributed by atoms with Crippen molar-refractivity contribution in [2.45, 2.75) is 38.3 Å². The van der Waals surface area contributed by atoms with Crippen LogP contribution in [0, 0.1) is 22.7 Å². The zero-order valence-electron chi connectivity index (χ0n) is 19.9. The molecule has 0 bridgehead atoms. The fourth-order valence-corrected chi connectivity index (χ4v) is 4.83. The van der Waals surface area contributed by atoms with Crippen molar-refractivity contribution in [2.24, 2.45) is 4.99 Å². The van der Waals surface area contributed by atoms with Gasteiger partial charge in [-0.05, 0) is 35.4 Å². The Kier molecular flexibility index (Phi) is 6.97. The summed E-state index contributed by atoms with van der Waals surface area (Å²) in [6.45, 7) is 8.80. The summed E-state index contributed by atoms with van der Waals surface area (Å²) >= 11 is 0. The SMILES string of the molecule is C[Si](C)(C)CCOCn1ccc2c1NCN=C2c1cccc(C(C#N)c2ccccc2C#N)c1. The average Bonchev–Trinajstić information content (AvgIpc) is 3.25. The van der Waals surface area contributed by atoms with Crippen LogP contribution in [0.1, 0.15) is 33.7 Å². The van der Waals surface area contributed by atoms with Crippen LogP contribution in [0.25, 0.3) is 0 Å². The molecule has 2 heterocycles. The molecule has 4 rings (SSSR count). The Labute approximate surface area is 202 Å². The fourth-order valence-electron chi connectivity index (χ4n) is 4.07. The van der Waals surface area contributed by atoms with E-state index in [0.717, 1.165) is 46.4 Å². The number of nitrogens with zero attached hydrogens (tertiary/aromatic N) is 4. The van der Waals surface area contributed by atoms with Crippen molar-refractivity contribution in [1.82, 2.24) is 4.57 Å². The highest BCUT2D eigenvalue weighted by atomic mass is 28.3. The third kappa shape index (κ3) is 5.12. The van der Waals surface area contributed by atoms with Gasteiger partial charge in [-0.3, -0.25) is 4.99 Å². The molecule has 1 atom stereocenters.